The third kappa shape index (κ3) is 2.73. The average Bonchev–Trinajstić information content (AvgIpc) is 2.62. The summed E-state index contributed by atoms with van der Waals surface area (Å²) in [5.74, 6) is 5.27. The maximum atomic E-state index is 11.1. The van der Waals surface area contributed by atoms with Crippen molar-refractivity contribution in [1.29, 1.82) is 0 Å². The van der Waals surface area contributed by atoms with E-state index in [0.717, 1.165) is 11.0 Å². The Morgan fingerprint density at radius 2 is 1.81 bits per heavy atom. The molecule has 6 heteroatoms. The Morgan fingerprint density at radius 1 is 1.24 bits per heavy atom. The average molecular weight is 288 g/mol. The van der Waals surface area contributed by atoms with Gasteiger partial charge in [-0.3, -0.25) is 4.79 Å². The molecule has 1 heterocycles. The molecule has 2 N–H and O–H groups in total. The fourth-order valence-corrected chi connectivity index (χ4v) is 2.20. The number of rotatable bonds is 3. The third-order valence-corrected chi connectivity index (χ3v) is 4.31. The number of hydrogen-bond donors (Lipinski definition) is 1. The molecule has 0 unspecified atom stereocenters. The van der Waals surface area contributed by atoms with Crippen molar-refractivity contribution in [1.82, 2.24) is 0 Å². The van der Waals surface area contributed by atoms with Crippen LogP contribution in [0.15, 0.2) is 23.3 Å². The number of aldehydes is 1. The second-order valence-electron chi connectivity index (χ2n) is 6.29. The molecule has 0 bridgehead atoms. The topological polar surface area (TPSA) is 73.9 Å². The van der Waals surface area contributed by atoms with Gasteiger partial charge in [-0.25, -0.2) is 0 Å². The second-order valence-corrected chi connectivity index (χ2v) is 6.29. The van der Waals surface area contributed by atoms with Crippen LogP contribution in [-0.2, 0) is 14.1 Å². The van der Waals surface area contributed by atoms with E-state index in [-0.39, 0.29) is 5.71 Å². The van der Waals surface area contributed by atoms with Crippen LogP contribution in [0.25, 0.3) is 0 Å². The Bertz CT molecular complexity index is 581. The van der Waals surface area contributed by atoms with Crippen LogP contribution in [0.4, 0.5) is 0 Å². The van der Waals surface area contributed by atoms with Gasteiger partial charge in [-0.15, -0.1) is 0 Å². The quantitative estimate of drug-likeness (QED) is 0.298. The van der Waals surface area contributed by atoms with Crippen molar-refractivity contribution >= 4 is 24.6 Å². The van der Waals surface area contributed by atoms with Crippen molar-refractivity contribution in [2.45, 2.75) is 45.8 Å². The zero-order valence-electron chi connectivity index (χ0n) is 13.1. The van der Waals surface area contributed by atoms with E-state index in [9.17, 15) is 4.79 Å². The zero-order chi connectivity index (χ0) is 15.8. The van der Waals surface area contributed by atoms with Gasteiger partial charge in [-0.1, -0.05) is 18.2 Å². The Hall–Kier alpha value is -1.66. The van der Waals surface area contributed by atoms with E-state index in [4.69, 9.17) is 15.2 Å². The summed E-state index contributed by atoms with van der Waals surface area (Å²) in [5.41, 5.74) is 1.87. The number of carbonyl (C=O) groups excluding carboxylic acids is 1. The van der Waals surface area contributed by atoms with E-state index in [0.29, 0.717) is 11.8 Å². The predicted molar refractivity (Wildman–Crippen MR) is 83.7 cm³/mol. The van der Waals surface area contributed by atoms with Crippen LogP contribution in [0.2, 0.25) is 0 Å². The summed E-state index contributed by atoms with van der Waals surface area (Å²) < 4.78 is 12.0. The highest BCUT2D eigenvalue weighted by atomic mass is 16.7. The van der Waals surface area contributed by atoms with Gasteiger partial charge in [0, 0.05) is 5.56 Å². The molecular formula is C15H21BN2O3. The summed E-state index contributed by atoms with van der Waals surface area (Å²) in [4.78, 5) is 11.1. The summed E-state index contributed by atoms with van der Waals surface area (Å²) in [6, 6.07) is 5.68. The van der Waals surface area contributed by atoms with Crippen LogP contribution in [-0.4, -0.2) is 30.3 Å². The number of aryl methyl sites for hydroxylation is 1. The summed E-state index contributed by atoms with van der Waals surface area (Å²) in [5, 5.41) is 3.53. The van der Waals surface area contributed by atoms with Crippen LogP contribution in [0.1, 0.15) is 38.8 Å². The highest BCUT2D eigenvalue weighted by molar-refractivity contribution is 6.62. The molecule has 5 nitrogen and oxygen atoms in total. The minimum Gasteiger partial charge on any atom is -0.399 e. The molecule has 1 aromatic rings. The first kappa shape index (κ1) is 15.7. The second kappa shape index (κ2) is 5.28. The van der Waals surface area contributed by atoms with Gasteiger partial charge in [-0.05, 0) is 45.6 Å². The molecule has 2 rings (SSSR count). The summed E-state index contributed by atoms with van der Waals surface area (Å²) in [6.45, 7) is 9.90. The monoisotopic (exact) mass is 288 g/mol. The summed E-state index contributed by atoms with van der Waals surface area (Å²) in [7, 11) is -0.472. The molecule has 0 amide bonds. The number of hydrogen-bond acceptors (Lipinski definition) is 5. The van der Waals surface area contributed by atoms with Gasteiger partial charge < -0.3 is 15.2 Å². The van der Waals surface area contributed by atoms with E-state index in [1.165, 1.54) is 0 Å². The Labute approximate surface area is 125 Å². The number of nitrogens with zero attached hydrogens (tertiary/aromatic N) is 1. The maximum Gasteiger partial charge on any atom is 0.494 e. The minimum absolute atomic E-state index is 0.214. The molecule has 1 saturated heterocycles. The molecule has 21 heavy (non-hydrogen) atoms. The molecule has 112 valence electrons. The van der Waals surface area contributed by atoms with Crippen molar-refractivity contribution in [2.24, 2.45) is 10.9 Å². The van der Waals surface area contributed by atoms with Crippen LogP contribution < -0.4 is 11.3 Å². The van der Waals surface area contributed by atoms with Gasteiger partial charge in [0.2, 0.25) is 0 Å². The minimum atomic E-state index is -0.472. The van der Waals surface area contributed by atoms with Crippen LogP contribution >= 0.6 is 0 Å². The largest absolute Gasteiger partial charge is 0.494 e. The van der Waals surface area contributed by atoms with Gasteiger partial charge in [0.25, 0.3) is 0 Å². The van der Waals surface area contributed by atoms with E-state index in [1.54, 1.807) is 0 Å². The summed E-state index contributed by atoms with van der Waals surface area (Å²) in [6.07, 6.45) is 0.649. The van der Waals surface area contributed by atoms with Gasteiger partial charge in [0.15, 0.2) is 6.29 Å². The fourth-order valence-electron chi connectivity index (χ4n) is 2.20. The Kier molecular flexibility index (Phi) is 3.95. The van der Waals surface area contributed by atoms with Gasteiger partial charge in [0.1, 0.15) is 5.71 Å². The lowest BCUT2D eigenvalue weighted by Crippen LogP contribution is -2.41. The molecule has 0 atom stereocenters. The molecule has 0 radical (unpaired) electrons. The van der Waals surface area contributed by atoms with Gasteiger partial charge in [0.05, 0.1) is 11.2 Å². The first-order valence-corrected chi connectivity index (χ1v) is 6.91. The van der Waals surface area contributed by atoms with Crippen LogP contribution in [0.3, 0.4) is 0 Å². The standard InChI is InChI=1S/C15H21BN2O3/c1-10-6-7-11(8-12(10)13(9-19)18-17)16-20-14(2,3)15(4,5)21-16/h6-9H,17H2,1-5H3/b18-13-. The predicted octanol–water partition coefficient (Wildman–Crippen LogP) is 1.16. The first-order chi connectivity index (χ1) is 9.71. The lowest BCUT2D eigenvalue weighted by Gasteiger charge is -2.32. The number of benzene rings is 1. The third-order valence-electron chi connectivity index (χ3n) is 4.31. The number of hydrazone groups is 1. The van der Waals surface area contributed by atoms with E-state index in [1.807, 2.05) is 52.8 Å². The molecular weight excluding hydrogens is 267 g/mol. The maximum absolute atomic E-state index is 11.1. The molecule has 0 aromatic heterocycles. The molecule has 0 spiro atoms. The molecule has 1 fully saturated rings. The molecule has 0 aliphatic carbocycles. The van der Waals surface area contributed by atoms with E-state index >= 15 is 0 Å². The number of carbonyl (C=O) groups is 1. The Balaban J connectivity index is 2.40. The first-order valence-electron chi connectivity index (χ1n) is 6.91. The fraction of sp³-hybridized carbons (Fsp3) is 0.467. The lowest BCUT2D eigenvalue weighted by molar-refractivity contribution is -0.102. The SMILES string of the molecule is Cc1ccc(B2OC(C)(C)C(C)(C)O2)cc1/C(C=O)=N\N. The van der Waals surface area contributed by atoms with Crippen molar-refractivity contribution in [2.75, 3.05) is 0 Å². The van der Waals surface area contributed by atoms with Crippen LogP contribution in [0, 0.1) is 6.92 Å². The van der Waals surface area contributed by atoms with Crippen molar-refractivity contribution in [3.05, 3.63) is 29.3 Å². The van der Waals surface area contributed by atoms with Crippen molar-refractivity contribution in [3.8, 4) is 0 Å². The van der Waals surface area contributed by atoms with E-state index in [2.05, 4.69) is 5.10 Å². The lowest BCUT2D eigenvalue weighted by atomic mass is 9.77. The number of nitrogens with two attached hydrogens (primary N) is 1. The van der Waals surface area contributed by atoms with Gasteiger partial charge in [-0.2, -0.15) is 5.10 Å². The molecule has 0 saturated carbocycles. The Morgan fingerprint density at radius 3 is 2.29 bits per heavy atom. The highest BCUT2D eigenvalue weighted by Crippen LogP contribution is 2.36. The normalized spacial score (nSPS) is 20.6. The highest BCUT2D eigenvalue weighted by Gasteiger charge is 2.51. The van der Waals surface area contributed by atoms with Gasteiger partial charge >= 0.3 is 7.12 Å². The summed E-state index contributed by atoms with van der Waals surface area (Å²) >= 11 is 0. The molecule has 1 aliphatic heterocycles. The van der Waals surface area contributed by atoms with Crippen LogP contribution in [0.5, 0.6) is 0 Å². The van der Waals surface area contributed by atoms with Crippen molar-refractivity contribution in [3.63, 3.8) is 0 Å². The molecule has 1 aliphatic rings. The zero-order valence-corrected chi connectivity index (χ0v) is 13.1. The molecule has 1 aromatic carbocycles. The smallest absolute Gasteiger partial charge is 0.399 e. The van der Waals surface area contributed by atoms with E-state index < -0.39 is 18.3 Å². The van der Waals surface area contributed by atoms with Crippen molar-refractivity contribution < 1.29 is 14.1 Å².